The van der Waals surface area contributed by atoms with Gasteiger partial charge in [0, 0.05) is 34.9 Å². The highest BCUT2D eigenvalue weighted by Gasteiger charge is 2.43. The van der Waals surface area contributed by atoms with Gasteiger partial charge in [0.25, 0.3) is 4.74 Å². The van der Waals surface area contributed by atoms with Crippen LogP contribution in [0.5, 0.6) is 0 Å². The van der Waals surface area contributed by atoms with Gasteiger partial charge in [0.05, 0.1) is 19.5 Å². The molecule has 1 atom stereocenters. The molecule has 3 aliphatic heterocycles. The predicted molar refractivity (Wildman–Crippen MR) is 108 cm³/mol. The number of quaternary nitrogens is 1. The van der Waals surface area contributed by atoms with E-state index < -0.39 is 0 Å². The number of benzene rings is 1. The lowest BCUT2D eigenvalue weighted by atomic mass is 9.92. The van der Waals surface area contributed by atoms with Crippen molar-refractivity contribution in [1.29, 1.82) is 0 Å². The van der Waals surface area contributed by atoms with Gasteiger partial charge in [0.2, 0.25) is 0 Å². The number of hydrogen-bond donors (Lipinski definition) is 0. The summed E-state index contributed by atoms with van der Waals surface area (Å²) in [6, 6.07) is 9.75. The Bertz CT molecular complexity index is 854. The maximum atomic E-state index is 12.4. The van der Waals surface area contributed by atoms with Crippen LogP contribution in [0.15, 0.2) is 64.1 Å². The van der Waals surface area contributed by atoms with Gasteiger partial charge in [-0.15, -0.1) is 0 Å². The zero-order valence-corrected chi connectivity index (χ0v) is 16.8. The summed E-state index contributed by atoms with van der Waals surface area (Å²) in [7, 11) is 2.09. The van der Waals surface area contributed by atoms with Crippen molar-refractivity contribution in [2.45, 2.75) is 19.4 Å². The van der Waals surface area contributed by atoms with Gasteiger partial charge in [-0.1, -0.05) is 30.3 Å². The molecule has 6 nitrogen and oxygen atoms in total. The second-order valence-electron chi connectivity index (χ2n) is 7.10. The molecule has 3 aliphatic rings. The van der Waals surface area contributed by atoms with Crippen molar-refractivity contribution in [1.82, 2.24) is 4.90 Å². The number of rotatable bonds is 3. The number of ether oxygens (including phenoxy) is 1. The van der Waals surface area contributed by atoms with E-state index in [0.717, 1.165) is 34.5 Å². The summed E-state index contributed by atoms with van der Waals surface area (Å²) in [5, 5.41) is 0. The maximum absolute atomic E-state index is 12.4. The second kappa shape index (κ2) is 7.40. The fourth-order valence-electron chi connectivity index (χ4n) is 3.66. The number of amidine groups is 1. The Hall–Kier alpha value is -2.25. The molecule has 1 aromatic rings. The van der Waals surface area contributed by atoms with Crippen LogP contribution in [0.1, 0.15) is 18.4 Å². The highest BCUT2D eigenvalue weighted by atomic mass is 79.9. The van der Waals surface area contributed by atoms with Gasteiger partial charge >= 0.3 is 6.09 Å². The summed E-state index contributed by atoms with van der Waals surface area (Å²) in [5.74, 6) is 0.323. The molecule has 0 radical (unpaired) electrons. The molecular formula is C20H22BrN4O2+. The molecule has 0 bridgehead atoms. The molecule has 1 unspecified atom stereocenters. The number of allylic oxidation sites excluding steroid dienone is 2. The lowest BCUT2D eigenvalue weighted by Crippen LogP contribution is -2.41. The molecule has 7 heteroatoms. The van der Waals surface area contributed by atoms with E-state index in [9.17, 15) is 4.79 Å². The first-order chi connectivity index (χ1) is 13.1. The van der Waals surface area contributed by atoms with Gasteiger partial charge in [-0.25, -0.2) is 9.28 Å². The van der Waals surface area contributed by atoms with Gasteiger partial charge in [0.15, 0.2) is 5.70 Å². The molecule has 1 fully saturated rings. The lowest BCUT2D eigenvalue weighted by Gasteiger charge is -2.31. The summed E-state index contributed by atoms with van der Waals surface area (Å²) in [5.41, 5.74) is 3.18. The van der Waals surface area contributed by atoms with Crippen LogP contribution in [0.25, 0.3) is 0 Å². The quantitative estimate of drug-likeness (QED) is 0.538. The third-order valence-corrected chi connectivity index (χ3v) is 6.27. The van der Waals surface area contributed by atoms with Crippen LogP contribution in [-0.4, -0.2) is 46.6 Å². The number of hydrogen-bond acceptors (Lipinski definition) is 4. The standard InChI is InChI=1S/C20H22BrN4O2/c1-25-12-9-22-13-17(25)18(23-19(25)21)16-7-10-24(11-8-16)20(26)27-14-15-5-3-2-4-6-15/h2-6,9,12-13,16H,7-8,10-11,14H2,1H3/q+1. The number of fused-ring (bicyclic) bond motifs is 1. The first kappa shape index (κ1) is 18.1. The van der Waals surface area contributed by atoms with E-state index >= 15 is 0 Å². The van der Waals surface area contributed by atoms with Crippen LogP contribution in [0.2, 0.25) is 0 Å². The Balaban J connectivity index is 1.37. The average Bonchev–Trinajstić information content (AvgIpc) is 2.98. The Morgan fingerprint density at radius 2 is 2.04 bits per heavy atom. The van der Waals surface area contributed by atoms with E-state index in [4.69, 9.17) is 9.73 Å². The van der Waals surface area contributed by atoms with Crippen molar-refractivity contribution in [2.24, 2.45) is 15.9 Å². The van der Waals surface area contributed by atoms with Gasteiger partial charge in [-0.05, 0) is 18.4 Å². The highest BCUT2D eigenvalue weighted by Crippen LogP contribution is 2.38. The van der Waals surface area contributed by atoms with E-state index in [0.29, 0.717) is 30.1 Å². The molecular weight excluding hydrogens is 408 g/mol. The maximum Gasteiger partial charge on any atom is 0.410 e. The van der Waals surface area contributed by atoms with Crippen LogP contribution >= 0.6 is 15.9 Å². The molecule has 0 aliphatic carbocycles. The zero-order chi connectivity index (χ0) is 18.9. The minimum atomic E-state index is -0.242. The molecule has 1 amide bonds. The minimum Gasteiger partial charge on any atom is -0.445 e. The molecule has 0 spiro atoms. The molecule has 140 valence electrons. The first-order valence-corrected chi connectivity index (χ1v) is 9.89. The average molecular weight is 430 g/mol. The van der Waals surface area contributed by atoms with Crippen molar-refractivity contribution in [2.75, 3.05) is 20.1 Å². The summed E-state index contributed by atoms with van der Waals surface area (Å²) in [6.07, 6.45) is 7.23. The van der Waals surface area contributed by atoms with Gasteiger partial charge in [-0.2, -0.15) is 4.99 Å². The van der Waals surface area contributed by atoms with Crippen molar-refractivity contribution in [3.05, 3.63) is 59.7 Å². The van der Waals surface area contributed by atoms with Crippen LogP contribution in [0.3, 0.4) is 0 Å². The minimum absolute atomic E-state index is 0.242. The number of amides is 1. The summed E-state index contributed by atoms with van der Waals surface area (Å²) in [4.78, 5) is 23.2. The molecule has 4 rings (SSSR count). The van der Waals surface area contributed by atoms with Gasteiger partial charge in [-0.3, -0.25) is 4.99 Å². The molecule has 1 aromatic carbocycles. The monoisotopic (exact) mass is 429 g/mol. The Kier molecular flexibility index (Phi) is 4.97. The Morgan fingerprint density at radius 3 is 2.78 bits per heavy atom. The van der Waals surface area contributed by atoms with Crippen molar-refractivity contribution in [3.8, 4) is 0 Å². The molecule has 0 N–H and O–H groups in total. The first-order valence-electron chi connectivity index (χ1n) is 9.10. The molecule has 27 heavy (non-hydrogen) atoms. The topological polar surface area (TPSA) is 54.3 Å². The smallest absolute Gasteiger partial charge is 0.410 e. The summed E-state index contributed by atoms with van der Waals surface area (Å²) in [6.45, 7) is 1.67. The fourth-order valence-corrected chi connectivity index (χ4v) is 4.16. The molecule has 1 saturated heterocycles. The SMILES string of the molecule is C[N+]12C=CN=CC1=C(C1CCN(C(=O)OCc3ccccc3)CC1)N=C2Br. The Labute approximate surface area is 167 Å². The summed E-state index contributed by atoms with van der Waals surface area (Å²) < 4.78 is 6.85. The second-order valence-corrected chi connectivity index (χ2v) is 7.81. The fraction of sp³-hybridized carbons (Fsp3) is 0.350. The number of halogens is 1. The van der Waals surface area contributed by atoms with E-state index in [1.54, 1.807) is 11.1 Å². The van der Waals surface area contributed by atoms with Gasteiger partial charge in [0.1, 0.15) is 18.5 Å². The summed E-state index contributed by atoms with van der Waals surface area (Å²) >= 11 is 3.60. The largest absolute Gasteiger partial charge is 0.445 e. The number of nitrogens with zero attached hydrogens (tertiary/aromatic N) is 4. The number of piperidine rings is 1. The lowest BCUT2D eigenvalue weighted by molar-refractivity contribution is -0.709. The highest BCUT2D eigenvalue weighted by molar-refractivity contribution is 9.18. The van der Waals surface area contributed by atoms with E-state index in [1.165, 1.54) is 0 Å². The molecule has 3 heterocycles. The van der Waals surface area contributed by atoms with Crippen LogP contribution in [0.4, 0.5) is 4.79 Å². The van der Waals surface area contributed by atoms with Crippen LogP contribution in [-0.2, 0) is 11.3 Å². The van der Waals surface area contributed by atoms with Crippen molar-refractivity contribution < 1.29 is 14.0 Å². The number of carbonyl (C=O) groups excluding carboxylic acids is 1. The number of carbonyl (C=O) groups is 1. The van der Waals surface area contributed by atoms with Crippen molar-refractivity contribution in [3.63, 3.8) is 0 Å². The van der Waals surface area contributed by atoms with Crippen LogP contribution in [0, 0.1) is 5.92 Å². The van der Waals surface area contributed by atoms with Crippen molar-refractivity contribution >= 4 is 33.0 Å². The van der Waals surface area contributed by atoms with Crippen LogP contribution < -0.4 is 0 Å². The zero-order valence-electron chi connectivity index (χ0n) is 15.2. The number of likely N-dealkylation sites (tertiary alicyclic amines) is 1. The molecule has 0 aromatic heterocycles. The third-order valence-electron chi connectivity index (χ3n) is 5.35. The normalized spacial score (nSPS) is 24.8. The van der Waals surface area contributed by atoms with Gasteiger partial charge < -0.3 is 9.64 Å². The Morgan fingerprint density at radius 1 is 1.30 bits per heavy atom. The predicted octanol–water partition coefficient (Wildman–Crippen LogP) is 4.01. The third kappa shape index (κ3) is 3.49. The number of aliphatic imine (C=N–C) groups is 2. The van der Waals surface area contributed by atoms with E-state index in [1.807, 2.05) is 42.7 Å². The van der Waals surface area contributed by atoms with E-state index in [-0.39, 0.29) is 6.09 Å². The van der Waals surface area contributed by atoms with E-state index in [2.05, 4.69) is 28.0 Å². The molecule has 0 saturated carbocycles.